The van der Waals surface area contributed by atoms with Crippen LogP contribution < -0.4 is 29.1 Å². The van der Waals surface area contributed by atoms with Crippen LogP contribution in [0.5, 0.6) is 17.2 Å². The number of ether oxygens (including phenoxy) is 4. The van der Waals surface area contributed by atoms with E-state index in [2.05, 4.69) is 4.99 Å². The second kappa shape index (κ2) is 12.3. The Hall–Kier alpha value is -4.51. The van der Waals surface area contributed by atoms with Gasteiger partial charge in [0.1, 0.15) is 5.75 Å². The zero-order valence-corrected chi connectivity index (χ0v) is 24.4. The van der Waals surface area contributed by atoms with Crippen molar-refractivity contribution in [1.29, 1.82) is 0 Å². The first-order valence-electron chi connectivity index (χ1n) is 12.8. The van der Waals surface area contributed by atoms with Crippen LogP contribution >= 0.6 is 11.3 Å². The summed E-state index contributed by atoms with van der Waals surface area (Å²) in [6, 6.07) is 10.7. The van der Waals surface area contributed by atoms with Crippen LogP contribution in [-0.4, -0.2) is 36.2 Å². The summed E-state index contributed by atoms with van der Waals surface area (Å²) in [7, 11) is 1.43. The third-order valence-electron chi connectivity index (χ3n) is 5.99. The summed E-state index contributed by atoms with van der Waals surface area (Å²) in [6.07, 6.45) is 1.71. The SMILES string of the molecule is COc1cc([C@H]2C(C(=O)OCC(C)C)=C(C)N=c3s/c(=C\c4ccc(OC(C)=O)cc4)c(=O)n32)ccc1OC(C)=O. The molecule has 0 saturated heterocycles. The number of aromatic nitrogens is 1. The number of fused-ring (bicyclic) bond motifs is 1. The molecule has 2 heterocycles. The highest BCUT2D eigenvalue weighted by atomic mass is 32.1. The maximum atomic E-state index is 13.9. The largest absolute Gasteiger partial charge is 0.493 e. The maximum Gasteiger partial charge on any atom is 0.338 e. The zero-order valence-electron chi connectivity index (χ0n) is 23.5. The molecule has 4 rings (SSSR count). The van der Waals surface area contributed by atoms with Gasteiger partial charge in [0.2, 0.25) is 0 Å². The second-order valence-corrected chi connectivity index (χ2v) is 10.7. The maximum absolute atomic E-state index is 13.9. The molecule has 1 aliphatic rings. The molecule has 0 bridgehead atoms. The number of methoxy groups -OCH3 is 1. The fourth-order valence-electron chi connectivity index (χ4n) is 4.26. The fraction of sp³-hybridized carbons (Fsp3) is 0.300. The smallest absolute Gasteiger partial charge is 0.338 e. The van der Waals surface area contributed by atoms with Gasteiger partial charge in [-0.1, -0.05) is 43.4 Å². The van der Waals surface area contributed by atoms with Gasteiger partial charge < -0.3 is 18.9 Å². The number of esters is 3. The predicted molar refractivity (Wildman–Crippen MR) is 152 cm³/mol. The lowest BCUT2D eigenvalue weighted by Crippen LogP contribution is -2.40. The Morgan fingerprint density at radius 2 is 1.71 bits per heavy atom. The van der Waals surface area contributed by atoms with Gasteiger partial charge in [-0.15, -0.1) is 0 Å². The molecule has 0 radical (unpaired) electrons. The summed E-state index contributed by atoms with van der Waals surface area (Å²) in [5, 5.41) is 0. The Morgan fingerprint density at radius 1 is 1.02 bits per heavy atom. The molecule has 1 aromatic heterocycles. The highest BCUT2D eigenvalue weighted by Gasteiger charge is 2.34. The number of rotatable bonds is 8. The lowest BCUT2D eigenvalue weighted by Gasteiger charge is -2.25. The minimum absolute atomic E-state index is 0.106. The van der Waals surface area contributed by atoms with Crippen molar-refractivity contribution in [2.24, 2.45) is 10.9 Å². The molecule has 2 aromatic carbocycles. The van der Waals surface area contributed by atoms with E-state index in [1.54, 1.807) is 55.5 Å². The Balaban J connectivity index is 1.87. The highest BCUT2D eigenvalue weighted by molar-refractivity contribution is 7.07. The number of allylic oxidation sites excluding steroid dienone is 1. The van der Waals surface area contributed by atoms with E-state index in [9.17, 15) is 19.2 Å². The van der Waals surface area contributed by atoms with Gasteiger partial charge in [-0.3, -0.25) is 19.0 Å². The average molecular weight is 579 g/mol. The topological polar surface area (TPSA) is 122 Å². The highest BCUT2D eigenvalue weighted by Crippen LogP contribution is 2.36. The lowest BCUT2D eigenvalue weighted by molar-refractivity contribution is -0.140. The van der Waals surface area contributed by atoms with Gasteiger partial charge in [-0.25, -0.2) is 9.79 Å². The molecular formula is C30H30N2O8S. The molecule has 0 saturated carbocycles. The number of hydrogen-bond donors (Lipinski definition) is 0. The van der Waals surface area contributed by atoms with Crippen LogP contribution in [0.3, 0.4) is 0 Å². The van der Waals surface area contributed by atoms with Gasteiger partial charge in [0.25, 0.3) is 5.56 Å². The van der Waals surface area contributed by atoms with Crippen molar-refractivity contribution in [3.8, 4) is 17.2 Å². The van der Waals surface area contributed by atoms with Gasteiger partial charge in [-0.2, -0.15) is 0 Å². The molecule has 0 spiro atoms. The van der Waals surface area contributed by atoms with Crippen molar-refractivity contribution in [3.63, 3.8) is 0 Å². The third-order valence-corrected chi connectivity index (χ3v) is 6.97. The molecular weight excluding hydrogens is 548 g/mol. The molecule has 0 fully saturated rings. The number of hydrogen-bond acceptors (Lipinski definition) is 10. The van der Waals surface area contributed by atoms with E-state index in [0.29, 0.717) is 31.9 Å². The molecule has 1 atom stereocenters. The van der Waals surface area contributed by atoms with Crippen molar-refractivity contribution in [1.82, 2.24) is 4.57 Å². The molecule has 1 aliphatic heterocycles. The predicted octanol–water partition coefficient (Wildman–Crippen LogP) is 3.29. The van der Waals surface area contributed by atoms with E-state index in [1.165, 1.54) is 36.9 Å². The summed E-state index contributed by atoms with van der Waals surface area (Å²) in [4.78, 5) is 55.1. The molecule has 0 amide bonds. The summed E-state index contributed by atoms with van der Waals surface area (Å²) in [5.41, 5.74) is 1.54. The molecule has 0 aliphatic carbocycles. The van der Waals surface area contributed by atoms with Crippen molar-refractivity contribution in [3.05, 3.63) is 84.5 Å². The third kappa shape index (κ3) is 6.63. The van der Waals surface area contributed by atoms with Crippen molar-refractivity contribution in [2.45, 2.75) is 40.7 Å². The van der Waals surface area contributed by atoms with Crippen LogP contribution in [0.25, 0.3) is 6.08 Å². The van der Waals surface area contributed by atoms with Crippen molar-refractivity contribution in [2.75, 3.05) is 13.7 Å². The van der Waals surface area contributed by atoms with Gasteiger partial charge in [-0.05, 0) is 54.3 Å². The minimum atomic E-state index is -0.875. The fourth-order valence-corrected chi connectivity index (χ4v) is 5.31. The number of nitrogens with zero attached hydrogens (tertiary/aromatic N) is 2. The molecule has 214 valence electrons. The van der Waals surface area contributed by atoms with E-state index in [1.807, 2.05) is 13.8 Å². The van der Waals surface area contributed by atoms with Gasteiger partial charge in [0.15, 0.2) is 16.3 Å². The van der Waals surface area contributed by atoms with Crippen LogP contribution in [-0.2, 0) is 19.1 Å². The Kier molecular flexibility index (Phi) is 8.87. The molecule has 11 heteroatoms. The average Bonchev–Trinajstić information content (AvgIpc) is 3.21. The van der Waals surface area contributed by atoms with E-state index < -0.39 is 23.9 Å². The second-order valence-electron chi connectivity index (χ2n) is 9.74. The van der Waals surface area contributed by atoms with Crippen LogP contribution in [0.1, 0.15) is 51.8 Å². The molecule has 0 N–H and O–H groups in total. The summed E-state index contributed by atoms with van der Waals surface area (Å²) >= 11 is 1.18. The van der Waals surface area contributed by atoms with E-state index in [4.69, 9.17) is 18.9 Å². The first kappa shape index (κ1) is 29.5. The standard InChI is InChI=1S/C30H30N2O8S/c1-16(2)15-38-29(36)26-17(3)31-30-32(27(26)21-9-12-23(40-19(5)34)24(14-21)37-6)28(35)25(41-30)13-20-7-10-22(11-8-20)39-18(4)33/h7-14,16,27H,15H2,1-6H3/b25-13-/t27-/m0/s1. The van der Waals surface area contributed by atoms with Crippen LogP contribution in [0, 0.1) is 5.92 Å². The molecule has 10 nitrogen and oxygen atoms in total. The minimum Gasteiger partial charge on any atom is -0.493 e. The van der Waals surface area contributed by atoms with Crippen molar-refractivity contribution >= 4 is 35.3 Å². The number of benzene rings is 2. The number of carbonyl (C=O) groups excluding carboxylic acids is 3. The van der Waals surface area contributed by atoms with Gasteiger partial charge in [0, 0.05) is 13.8 Å². The van der Waals surface area contributed by atoms with Crippen LogP contribution in [0.4, 0.5) is 0 Å². The summed E-state index contributed by atoms with van der Waals surface area (Å²) < 4.78 is 23.2. The Morgan fingerprint density at radius 3 is 2.32 bits per heavy atom. The van der Waals surface area contributed by atoms with Gasteiger partial charge >= 0.3 is 17.9 Å². The van der Waals surface area contributed by atoms with Gasteiger partial charge in [0.05, 0.1) is 35.6 Å². The zero-order chi connectivity index (χ0) is 29.8. The first-order chi connectivity index (χ1) is 19.5. The van der Waals surface area contributed by atoms with E-state index in [-0.39, 0.29) is 35.2 Å². The van der Waals surface area contributed by atoms with E-state index in [0.717, 1.165) is 0 Å². The Bertz CT molecular complexity index is 1710. The van der Waals surface area contributed by atoms with E-state index >= 15 is 0 Å². The summed E-state index contributed by atoms with van der Waals surface area (Å²) in [5.74, 6) is -0.559. The summed E-state index contributed by atoms with van der Waals surface area (Å²) in [6.45, 7) is 8.36. The lowest BCUT2D eigenvalue weighted by atomic mass is 9.95. The molecule has 41 heavy (non-hydrogen) atoms. The number of thiazole rings is 1. The van der Waals surface area contributed by atoms with Crippen LogP contribution in [0.2, 0.25) is 0 Å². The monoisotopic (exact) mass is 578 g/mol. The first-order valence-corrected chi connectivity index (χ1v) is 13.6. The quantitative estimate of drug-likeness (QED) is 0.295. The normalized spacial score (nSPS) is 14.8. The number of carbonyl (C=O) groups is 3. The van der Waals surface area contributed by atoms with Crippen molar-refractivity contribution < 1.29 is 33.3 Å². The molecule has 3 aromatic rings. The molecule has 0 unspecified atom stereocenters. The van der Waals surface area contributed by atoms with Crippen LogP contribution in [0.15, 0.2) is 63.5 Å². The Labute approximate surface area is 240 Å².